The highest BCUT2D eigenvalue weighted by Gasteiger charge is 2.15. The molecule has 0 spiro atoms. The molecule has 0 aliphatic carbocycles. The van der Waals surface area contributed by atoms with Gasteiger partial charge in [0, 0.05) is 12.2 Å². The molecule has 8 nitrogen and oxygen atoms in total. The highest BCUT2D eigenvalue weighted by molar-refractivity contribution is 5.80. The Morgan fingerprint density at radius 2 is 1.48 bits per heavy atom. The first-order chi connectivity index (χ1) is 19.8. The van der Waals surface area contributed by atoms with E-state index in [0.717, 1.165) is 18.4 Å². The maximum atomic E-state index is 12.2. The van der Waals surface area contributed by atoms with Crippen molar-refractivity contribution in [3.63, 3.8) is 0 Å². The average molecular weight is 583 g/mol. The maximum Gasteiger partial charge on any atom is 0.310 e. The summed E-state index contributed by atoms with van der Waals surface area (Å²) in [5.41, 5.74) is 2.31. The number of carbonyl (C=O) groups is 3. The molecular weight excluding hydrogens is 532 g/mol. The van der Waals surface area contributed by atoms with Gasteiger partial charge in [0.05, 0.1) is 18.4 Å². The molecule has 0 bridgehead atoms. The molecule has 0 fully saturated rings. The minimum Gasteiger partial charge on any atom is -0.481 e. The van der Waals surface area contributed by atoms with E-state index in [2.05, 4.69) is 10.6 Å². The topological polar surface area (TPSA) is 136 Å². The van der Waals surface area contributed by atoms with E-state index in [1.165, 1.54) is 0 Å². The summed E-state index contributed by atoms with van der Waals surface area (Å²) in [4.78, 5) is 34.7. The van der Waals surface area contributed by atoms with E-state index in [4.69, 9.17) is 5.11 Å². The molecule has 0 saturated heterocycles. The highest BCUT2D eigenvalue weighted by Crippen LogP contribution is 2.07. The van der Waals surface area contributed by atoms with Gasteiger partial charge >= 0.3 is 5.97 Å². The van der Waals surface area contributed by atoms with Gasteiger partial charge < -0.3 is 26.0 Å². The van der Waals surface area contributed by atoms with E-state index >= 15 is 0 Å². The van der Waals surface area contributed by atoms with Crippen molar-refractivity contribution in [2.24, 2.45) is 11.8 Å². The number of allylic oxidation sites excluding steroid dienone is 14. The second-order valence-electron chi connectivity index (χ2n) is 10.6. The van der Waals surface area contributed by atoms with Crippen LogP contribution in [0.25, 0.3) is 0 Å². The number of aliphatic hydroxyl groups excluding tert-OH is 2. The Kier molecular flexibility index (Phi) is 20.8. The average Bonchev–Trinajstić information content (AvgIpc) is 2.91. The van der Waals surface area contributed by atoms with Gasteiger partial charge in [-0.25, -0.2) is 0 Å². The molecule has 0 heterocycles. The fourth-order valence-electron chi connectivity index (χ4n) is 3.29. The third-order valence-electron chi connectivity index (χ3n) is 5.88. The minimum atomic E-state index is -0.942. The van der Waals surface area contributed by atoms with E-state index < -0.39 is 24.1 Å². The molecule has 0 radical (unpaired) electrons. The Bertz CT molecular complexity index is 1090. The van der Waals surface area contributed by atoms with Crippen molar-refractivity contribution < 1.29 is 29.7 Å². The molecule has 0 aromatic rings. The lowest BCUT2D eigenvalue weighted by Gasteiger charge is -2.12. The van der Waals surface area contributed by atoms with Crippen LogP contribution in [0, 0.1) is 11.8 Å². The minimum absolute atomic E-state index is 0.0719. The number of unbranched alkanes of at least 4 members (excludes halogenated alkanes) is 1. The highest BCUT2D eigenvalue weighted by atomic mass is 16.4. The number of aliphatic carboxylic acids is 1. The number of rotatable bonds is 19. The summed E-state index contributed by atoms with van der Waals surface area (Å²) in [5.74, 6) is -1.81. The molecule has 232 valence electrons. The zero-order chi connectivity index (χ0) is 31.9. The van der Waals surface area contributed by atoms with Gasteiger partial charge in [-0.1, -0.05) is 92.3 Å². The van der Waals surface area contributed by atoms with E-state index in [9.17, 15) is 24.6 Å². The van der Waals surface area contributed by atoms with Gasteiger partial charge in [0.1, 0.15) is 6.10 Å². The van der Waals surface area contributed by atoms with E-state index in [1.807, 2.05) is 63.3 Å². The standard InChI is InChI=1S/C34H50N2O6/c1-25(2)23-31(38)33(40)35-22-16-9-7-8-11-17-26(3)18-14-15-19-27(4)30(37)24-32(39)36-29(6)21-13-10-12-20-28(5)34(41)42/h7-8,10-15,17-21,25,28,30-31,37-38H,9,16,22-24H2,1-6H3,(H,35,40)(H,36,39)(H,41,42). The smallest absolute Gasteiger partial charge is 0.310 e. The molecule has 0 aromatic heterocycles. The van der Waals surface area contributed by atoms with Gasteiger partial charge in [-0.05, 0) is 64.5 Å². The predicted octanol–water partition coefficient (Wildman–Crippen LogP) is 5.46. The fraction of sp³-hybridized carbons (Fsp3) is 0.441. The molecule has 8 heteroatoms. The number of hydrogen-bond acceptors (Lipinski definition) is 5. The summed E-state index contributed by atoms with van der Waals surface area (Å²) < 4.78 is 0. The van der Waals surface area contributed by atoms with Crippen LogP contribution in [-0.4, -0.2) is 51.9 Å². The number of aliphatic hydroxyl groups is 2. The quantitative estimate of drug-likeness (QED) is 0.101. The van der Waals surface area contributed by atoms with Crippen LogP contribution >= 0.6 is 0 Å². The van der Waals surface area contributed by atoms with Crippen LogP contribution in [0.15, 0.2) is 95.8 Å². The SMILES string of the molecule is CC(C=CC=CCCCNC(=O)C(O)CC(C)C)=CC=CC=C(C)C(O)CC(=O)NC(C)=CC=CC=CC(C)C(=O)O. The van der Waals surface area contributed by atoms with E-state index in [1.54, 1.807) is 57.2 Å². The van der Waals surface area contributed by atoms with Crippen LogP contribution in [0.2, 0.25) is 0 Å². The molecule has 0 aliphatic rings. The van der Waals surface area contributed by atoms with E-state index in [0.29, 0.717) is 24.2 Å². The molecule has 3 atom stereocenters. The van der Waals surface area contributed by atoms with Crippen LogP contribution in [0.5, 0.6) is 0 Å². The lowest BCUT2D eigenvalue weighted by Crippen LogP contribution is -2.35. The molecule has 2 amide bonds. The van der Waals surface area contributed by atoms with Gasteiger partial charge in [0.25, 0.3) is 0 Å². The number of carboxylic acid groups (broad SMARTS) is 1. The third-order valence-corrected chi connectivity index (χ3v) is 5.88. The van der Waals surface area contributed by atoms with Crippen LogP contribution in [0.3, 0.4) is 0 Å². The molecule has 0 aromatic carbocycles. The molecule has 42 heavy (non-hydrogen) atoms. The molecule has 0 aliphatic heterocycles. The Hall–Kier alpha value is -3.75. The molecule has 5 N–H and O–H groups in total. The Balaban J connectivity index is 4.45. The van der Waals surface area contributed by atoms with Crippen LogP contribution < -0.4 is 10.6 Å². The number of nitrogens with one attached hydrogen (secondary N) is 2. The first kappa shape index (κ1) is 38.2. The van der Waals surface area contributed by atoms with Gasteiger partial charge in [0.2, 0.25) is 11.8 Å². The zero-order valence-corrected chi connectivity index (χ0v) is 25.9. The molecular formula is C34H50N2O6. The Morgan fingerprint density at radius 3 is 2.14 bits per heavy atom. The zero-order valence-electron chi connectivity index (χ0n) is 25.9. The van der Waals surface area contributed by atoms with Gasteiger partial charge in [0.15, 0.2) is 0 Å². The second-order valence-corrected chi connectivity index (χ2v) is 10.6. The summed E-state index contributed by atoms with van der Waals surface area (Å²) in [5, 5.41) is 34.4. The van der Waals surface area contributed by atoms with Crippen LogP contribution in [-0.2, 0) is 14.4 Å². The summed E-state index contributed by atoms with van der Waals surface area (Å²) in [6.07, 6.45) is 23.7. The van der Waals surface area contributed by atoms with E-state index in [-0.39, 0.29) is 24.2 Å². The first-order valence-corrected chi connectivity index (χ1v) is 14.4. The van der Waals surface area contributed by atoms with Crippen molar-refractivity contribution in [1.29, 1.82) is 0 Å². The number of hydrogen-bond donors (Lipinski definition) is 5. The predicted molar refractivity (Wildman–Crippen MR) is 170 cm³/mol. The molecule has 0 saturated carbocycles. The second kappa shape index (κ2) is 22.9. The lowest BCUT2D eigenvalue weighted by molar-refractivity contribution is -0.139. The normalized spacial score (nSPS) is 15.9. The third kappa shape index (κ3) is 21.1. The fourth-order valence-corrected chi connectivity index (χ4v) is 3.29. The lowest BCUT2D eigenvalue weighted by atomic mass is 10.1. The van der Waals surface area contributed by atoms with Crippen molar-refractivity contribution >= 4 is 17.8 Å². The van der Waals surface area contributed by atoms with Crippen LogP contribution in [0.4, 0.5) is 0 Å². The maximum absolute atomic E-state index is 12.2. The molecule has 0 rings (SSSR count). The summed E-state index contributed by atoms with van der Waals surface area (Å²) in [6.45, 7) is 11.5. The van der Waals surface area contributed by atoms with Crippen molar-refractivity contribution in [2.75, 3.05) is 6.54 Å². The Labute approximate surface area is 251 Å². The van der Waals surface area contributed by atoms with Crippen LogP contribution in [0.1, 0.15) is 67.2 Å². The Morgan fingerprint density at radius 1 is 0.810 bits per heavy atom. The summed E-state index contributed by atoms with van der Waals surface area (Å²) in [7, 11) is 0. The molecule has 3 unspecified atom stereocenters. The van der Waals surface area contributed by atoms with Crippen molar-refractivity contribution in [1.82, 2.24) is 10.6 Å². The summed E-state index contributed by atoms with van der Waals surface area (Å²) >= 11 is 0. The van der Waals surface area contributed by atoms with Gasteiger partial charge in [-0.3, -0.25) is 14.4 Å². The van der Waals surface area contributed by atoms with Crippen molar-refractivity contribution in [2.45, 2.75) is 79.4 Å². The van der Waals surface area contributed by atoms with Crippen molar-refractivity contribution in [3.8, 4) is 0 Å². The van der Waals surface area contributed by atoms with Crippen molar-refractivity contribution in [3.05, 3.63) is 95.8 Å². The largest absolute Gasteiger partial charge is 0.481 e. The number of amides is 2. The summed E-state index contributed by atoms with van der Waals surface area (Å²) in [6, 6.07) is 0. The van der Waals surface area contributed by atoms with Gasteiger partial charge in [-0.2, -0.15) is 0 Å². The number of carbonyl (C=O) groups excluding carboxylic acids is 2. The number of carboxylic acids is 1. The van der Waals surface area contributed by atoms with Gasteiger partial charge in [-0.15, -0.1) is 0 Å². The monoisotopic (exact) mass is 582 g/mol. The first-order valence-electron chi connectivity index (χ1n) is 14.4.